The Morgan fingerprint density at radius 1 is 1.03 bits per heavy atom. The summed E-state index contributed by atoms with van der Waals surface area (Å²) in [6.45, 7) is 4.10. The minimum Gasteiger partial charge on any atom is -0.467 e. The maximum atomic E-state index is 13.3. The molecule has 2 aliphatic heterocycles. The number of carbonyl (C=O) groups excluding carboxylic acids is 2. The Morgan fingerprint density at radius 2 is 1.77 bits per heavy atom. The molecular weight excluding hydrogens is 444 g/mol. The third-order valence-corrected chi connectivity index (χ3v) is 6.76. The van der Waals surface area contributed by atoms with Gasteiger partial charge in [-0.3, -0.25) is 14.5 Å². The summed E-state index contributed by atoms with van der Waals surface area (Å²) in [6, 6.07) is 15.3. The largest absolute Gasteiger partial charge is 0.467 e. The third kappa shape index (κ3) is 5.38. The molecule has 2 aliphatic rings. The summed E-state index contributed by atoms with van der Waals surface area (Å²) in [4.78, 5) is 28.0. The first kappa shape index (κ1) is 23.1. The highest BCUT2D eigenvalue weighted by Gasteiger charge is 2.36. The molecular formula is C27H30N4O4. The number of rotatable bonds is 7. The van der Waals surface area contributed by atoms with E-state index in [-0.39, 0.29) is 30.3 Å². The lowest BCUT2D eigenvalue weighted by Gasteiger charge is -2.32. The number of carbonyl (C=O) groups is 2. The lowest BCUT2D eigenvalue weighted by Crippen LogP contribution is -2.44. The molecule has 1 unspecified atom stereocenters. The van der Waals surface area contributed by atoms with Crippen molar-refractivity contribution in [2.45, 2.75) is 38.8 Å². The number of aryl methyl sites for hydroxylation is 1. The van der Waals surface area contributed by atoms with Crippen LogP contribution in [-0.2, 0) is 16.1 Å². The molecule has 8 nitrogen and oxygen atoms in total. The van der Waals surface area contributed by atoms with E-state index < -0.39 is 0 Å². The third-order valence-electron chi connectivity index (χ3n) is 6.76. The summed E-state index contributed by atoms with van der Waals surface area (Å²) in [7, 11) is 0. The number of furan rings is 2. The van der Waals surface area contributed by atoms with Crippen LogP contribution in [-0.4, -0.2) is 47.1 Å². The zero-order valence-electron chi connectivity index (χ0n) is 19.9. The minimum absolute atomic E-state index is 0.0390. The van der Waals surface area contributed by atoms with Crippen LogP contribution in [0.5, 0.6) is 0 Å². The highest BCUT2D eigenvalue weighted by molar-refractivity contribution is 6.03. The Labute approximate surface area is 204 Å². The summed E-state index contributed by atoms with van der Waals surface area (Å²) in [5, 5.41) is 9.25. The molecule has 35 heavy (non-hydrogen) atoms. The molecule has 0 bridgehead atoms. The van der Waals surface area contributed by atoms with Crippen molar-refractivity contribution in [3.63, 3.8) is 0 Å². The molecule has 1 atom stereocenters. The molecule has 0 radical (unpaired) electrons. The van der Waals surface area contributed by atoms with Gasteiger partial charge < -0.3 is 14.2 Å². The molecule has 8 heteroatoms. The van der Waals surface area contributed by atoms with Gasteiger partial charge >= 0.3 is 0 Å². The van der Waals surface area contributed by atoms with E-state index >= 15 is 0 Å². The number of hydrogen-bond acceptors (Lipinski definition) is 6. The number of benzene rings is 1. The van der Waals surface area contributed by atoms with Crippen molar-refractivity contribution in [2.75, 3.05) is 19.6 Å². The van der Waals surface area contributed by atoms with Crippen LogP contribution in [0.3, 0.4) is 0 Å². The van der Waals surface area contributed by atoms with Gasteiger partial charge in [0.2, 0.25) is 5.91 Å². The Hall–Kier alpha value is -3.65. The lowest BCUT2D eigenvalue weighted by molar-refractivity contribution is -0.135. The van der Waals surface area contributed by atoms with Gasteiger partial charge in [-0.1, -0.05) is 29.8 Å². The van der Waals surface area contributed by atoms with Crippen LogP contribution in [0.1, 0.15) is 48.0 Å². The number of hydrazone groups is 1. The smallest absolute Gasteiger partial charge is 0.257 e. The first-order chi connectivity index (χ1) is 17.1. The van der Waals surface area contributed by atoms with Crippen molar-refractivity contribution in [2.24, 2.45) is 11.0 Å². The Morgan fingerprint density at radius 3 is 2.46 bits per heavy atom. The Bertz CT molecular complexity index is 1160. The number of amides is 2. The molecule has 3 aromatic rings. The van der Waals surface area contributed by atoms with Gasteiger partial charge in [-0.25, -0.2) is 5.01 Å². The fourth-order valence-corrected chi connectivity index (χ4v) is 4.71. The van der Waals surface area contributed by atoms with Crippen molar-refractivity contribution >= 4 is 17.5 Å². The molecule has 182 valence electrons. The van der Waals surface area contributed by atoms with Crippen LogP contribution in [0, 0.1) is 12.8 Å². The normalized spacial score (nSPS) is 19.1. The van der Waals surface area contributed by atoms with E-state index in [0.29, 0.717) is 26.1 Å². The molecule has 4 heterocycles. The second-order valence-corrected chi connectivity index (χ2v) is 9.23. The Balaban J connectivity index is 1.19. The van der Waals surface area contributed by atoms with Crippen LogP contribution in [0.15, 0.2) is 75.0 Å². The van der Waals surface area contributed by atoms with E-state index in [0.717, 1.165) is 35.6 Å². The van der Waals surface area contributed by atoms with Gasteiger partial charge in [0.05, 0.1) is 31.3 Å². The predicted octanol–water partition coefficient (Wildman–Crippen LogP) is 3.89. The SMILES string of the molecule is Cc1ccc(C2=NN(C(=O)CN3CCC(C(=O)NCc4ccco4)CC3)C(c3ccco3)C2)cc1. The number of nitrogens with zero attached hydrogens (tertiary/aromatic N) is 3. The summed E-state index contributed by atoms with van der Waals surface area (Å²) < 4.78 is 10.9. The molecule has 0 aliphatic carbocycles. The van der Waals surface area contributed by atoms with Crippen LogP contribution in [0.2, 0.25) is 0 Å². The summed E-state index contributed by atoms with van der Waals surface area (Å²) >= 11 is 0. The quantitative estimate of drug-likeness (QED) is 0.561. The van der Waals surface area contributed by atoms with Crippen molar-refractivity contribution in [3.05, 3.63) is 83.7 Å². The number of likely N-dealkylation sites (tertiary alicyclic amines) is 1. The molecule has 2 amide bonds. The van der Waals surface area contributed by atoms with E-state index in [4.69, 9.17) is 13.9 Å². The van der Waals surface area contributed by atoms with Gasteiger partial charge in [-0.2, -0.15) is 5.10 Å². The molecule has 1 saturated heterocycles. The highest BCUT2D eigenvalue weighted by atomic mass is 16.3. The van der Waals surface area contributed by atoms with Gasteiger partial charge in [0.1, 0.15) is 17.6 Å². The monoisotopic (exact) mass is 474 g/mol. The first-order valence-electron chi connectivity index (χ1n) is 12.1. The topological polar surface area (TPSA) is 91.3 Å². The molecule has 1 fully saturated rings. The van der Waals surface area contributed by atoms with Crippen LogP contribution >= 0.6 is 0 Å². The highest BCUT2D eigenvalue weighted by Crippen LogP contribution is 2.33. The summed E-state index contributed by atoms with van der Waals surface area (Å²) in [5.74, 6) is 1.40. The zero-order chi connectivity index (χ0) is 24.2. The van der Waals surface area contributed by atoms with Crippen molar-refractivity contribution in [1.82, 2.24) is 15.2 Å². The van der Waals surface area contributed by atoms with E-state index in [2.05, 4.69) is 22.3 Å². The summed E-state index contributed by atoms with van der Waals surface area (Å²) in [6.07, 6.45) is 5.28. The lowest BCUT2D eigenvalue weighted by atomic mass is 9.96. The minimum atomic E-state index is -0.251. The average Bonchev–Trinajstić information content (AvgIpc) is 3.65. The zero-order valence-corrected chi connectivity index (χ0v) is 19.9. The number of piperidine rings is 1. The van der Waals surface area contributed by atoms with Gasteiger partial charge in [-0.15, -0.1) is 0 Å². The molecule has 1 N–H and O–H groups in total. The molecule has 0 saturated carbocycles. The standard InChI is InChI=1S/C27H30N4O4/c1-19-6-8-20(9-7-19)23-16-24(25-5-3-15-35-25)31(29-23)26(32)18-30-12-10-21(11-13-30)27(33)28-17-22-4-2-14-34-22/h2-9,14-15,21,24H,10-13,16-18H2,1H3,(H,28,33). The maximum Gasteiger partial charge on any atom is 0.257 e. The average molecular weight is 475 g/mol. The molecule has 5 rings (SSSR count). The van der Waals surface area contributed by atoms with Crippen molar-refractivity contribution < 1.29 is 18.4 Å². The van der Waals surface area contributed by atoms with Crippen LogP contribution in [0.25, 0.3) is 0 Å². The Kier molecular flexibility index (Phi) is 6.81. The fraction of sp³-hybridized carbons (Fsp3) is 0.370. The maximum absolute atomic E-state index is 13.3. The van der Waals surface area contributed by atoms with E-state index in [1.54, 1.807) is 17.5 Å². The van der Waals surface area contributed by atoms with Crippen molar-refractivity contribution in [1.29, 1.82) is 0 Å². The second-order valence-electron chi connectivity index (χ2n) is 9.23. The van der Waals surface area contributed by atoms with E-state index in [1.165, 1.54) is 5.56 Å². The van der Waals surface area contributed by atoms with Crippen LogP contribution in [0.4, 0.5) is 0 Å². The molecule has 2 aromatic heterocycles. The van der Waals surface area contributed by atoms with E-state index in [1.807, 2.05) is 43.3 Å². The fourth-order valence-electron chi connectivity index (χ4n) is 4.71. The van der Waals surface area contributed by atoms with Gasteiger partial charge in [0.15, 0.2) is 0 Å². The van der Waals surface area contributed by atoms with Gasteiger partial charge in [0, 0.05) is 12.3 Å². The number of hydrogen-bond donors (Lipinski definition) is 1. The summed E-state index contributed by atoms with van der Waals surface area (Å²) in [5.41, 5.74) is 3.08. The van der Waals surface area contributed by atoms with Gasteiger partial charge in [-0.05, 0) is 62.7 Å². The molecule has 0 spiro atoms. The predicted molar refractivity (Wildman–Crippen MR) is 130 cm³/mol. The number of nitrogens with one attached hydrogen (secondary N) is 1. The first-order valence-corrected chi connectivity index (χ1v) is 12.1. The second kappa shape index (κ2) is 10.3. The van der Waals surface area contributed by atoms with Gasteiger partial charge in [0.25, 0.3) is 5.91 Å². The van der Waals surface area contributed by atoms with E-state index in [9.17, 15) is 9.59 Å². The van der Waals surface area contributed by atoms with Crippen LogP contribution < -0.4 is 5.32 Å². The molecule has 1 aromatic carbocycles. The van der Waals surface area contributed by atoms with Crippen molar-refractivity contribution in [3.8, 4) is 0 Å².